The standard InChI is InChI=1S/C13H6N3.C13H4N3.2C2H6.2CH3.2H2N.2Pd/c2*1-3-7-11-9(5-1)14-13-15-10-6-2-4-8-12(10)16(11)13;2*1-2;;;;;;/h1,3-5,7-8H;3-4,7-8H;2*1-2H3;2*1H3;2*1H2;;/q2*-1;;;4*-1;;. The van der Waals surface area contributed by atoms with Gasteiger partial charge in [-0.1, -0.05) is 88.4 Å². The van der Waals surface area contributed by atoms with Crippen LogP contribution in [0.5, 0.6) is 0 Å². The van der Waals surface area contributed by atoms with E-state index in [0.717, 1.165) is 49.9 Å². The van der Waals surface area contributed by atoms with Crippen molar-refractivity contribution in [3.05, 3.63) is 124 Å². The van der Waals surface area contributed by atoms with Crippen molar-refractivity contribution < 1.29 is 40.8 Å². The van der Waals surface area contributed by atoms with E-state index in [-0.39, 0.29) is 68.0 Å². The molecule has 0 atom stereocenters. The molecule has 42 heavy (non-hydrogen) atoms. The van der Waals surface area contributed by atoms with Gasteiger partial charge in [0.1, 0.15) is 0 Å². The zero-order chi connectivity index (χ0) is 25.1. The normalized spacial score (nSPS) is 8.67. The number of benzene rings is 1. The molecule has 0 aliphatic carbocycles. The number of imidazole rings is 4. The van der Waals surface area contributed by atoms with Crippen LogP contribution < -0.4 is 9.97 Å². The molecule has 0 aliphatic heterocycles. The number of rotatable bonds is 0. The van der Waals surface area contributed by atoms with Crippen molar-refractivity contribution in [3.8, 4) is 0 Å². The van der Waals surface area contributed by atoms with Gasteiger partial charge in [-0.2, -0.15) is 0 Å². The summed E-state index contributed by atoms with van der Waals surface area (Å²) in [7, 11) is 0. The van der Waals surface area contributed by atoms with Gasteiger partial charge in [-0.3, -0.25) is 0 Å². The summed E-state index contributed by atoms with van der Waals surface area (Å²) >= 11 is 0. The van der Waals surface area contributed by atoms with Crippen molar-refractivity contribution >= 4 is 55.7 Å². The van der Waals surface area contributed by atoms with E-state index in [1.807, 2.05) is 92.8 Å². The number of hydrogen-bond acceptors (Lipinski definition) is 2. The van der Waals surface area contributed by atoms with Crippen LogP contribution in [0.1, 0.15) is 27.7 Å². The van der Waals surface area contributed by atoms with Crippen molar-refractivity contribution in [2.75, 3.05) is 0 Å². The molecule has 0 saturated heterocycles. The molecule has 8 nitrogen and oxygen atoms in total. The average molecular weight is 742 g/mol. The molecule has 0 radical (unpaired) electrons. The molecule has 4 aromatic heterocycles. The summed E-state index contributed by atoms with van der Waals surface area (Å²) in [5.74, 6) is 1.41. The summed E-state index contributed by atoms with van der Waals surface area (Å²) < 4.78 is 4.05. The van der Waals surface area contributed by atoms with Gasteiger partial charge in [-0.25, -0.2) is 0 Å². The summed E-state index contributed by atoms with van der Waals surface area (Å²) in [6.45, 7) is 8.00. The first-order chi connectivity index (χ1) is 17.9. The van der Waals surface area contributed by atoms with Crippen LogP contribution in [0.15, 0.2) is 60.7 Å². The Morgan fingerprint density at radius 3 is 1.60 bits per heavy atom. The molecule has 0 spiro atoms. The Hall–Kier alpha value is -3.88. The molecule has 0 saturated carbocycles. The Morgan fingerprint density at radius 1 is 0.571 bits per heavy atom. The number of nitrogens with zero attached hydrogens (tertiary/aromatic N) is 6. The fraction of sp³-hybridized carbons (Fsp3) is 0.125. The van der Waals surface area contributed by atoms with Crippen molar-refractivity contribution in [2.24, 2.45) is 0 Å². The molecule has 0 aliphatic rings. The van der Waals surface area contributed by atoms with E-state index in [4.69, 9.17) is 0 Å². The second-order valence-corrected chi connectivity index (χ2v) is 7.22. The fourth-order valence-electron chi connectivity index (χ4n) is 4.01. The number of aromatic nitrogens is 6. The number of nitrogens with two attached hydrogens (primary N) is 2. The Balaban J connectivity index is 0. The van der Waals surface area contributed by atoms with Gasteiger partial charge in [0.2, 0.25) is 0 Å². The first-order valence-corrected chi connectivity index (χ1v) is 11.9. The van der Waals surface area contributed by atoms with Gasteiger partial charge in [-0.15, -0.1) is 0 Å². The van der Waals surface area contributed by atoms with Crippen LogP contribution in [0.2, 0.25) is 0 Å². The van der Waals surface area contributed by atoms with Crippen molar-refractivity contribution in [2.45, 2.75) is 27.7 Å². The third-order valence-corrected chi connectivity index (χ3v) is 5.37. The molecule has 0 unspecified atom stereocenters. The molecule has 8 aromatic rings. The van der Waals surface area contributed by atoms with Crippen LogP contribution >= 0.6 is 0 Å². The zero-order valence-corrected chi connectivity index (χ0v) is 27.4. The molecule has 0 bridgehead atoms. The van der Waals surface area contributed by atoms with E-state index in [1.165, 1.54) is 0 Å². The summed E-state index contributed by atoms with van der Waals surface area (Å²) in [4.78, 5) is 17.7. The summed E-state index contributed by atoms with van der Waals surface area (Å²) in [5, 5.41) is 0. The van der Waals surface area contributed by atoms with Crippen LogP contribution in [0.25, 0.3) is 68.0 Å². The number of hydrogen-bond donors (Lipinski definition) is 0. The molecule has 4 N–H and O–H groups in total. The molecule has 4 aromatic carbocycles. The minimum Gasteiger partial charge on any atom is -0.693 e. The summed E-state index contributed by atoms with van der Waals surface area (Å²) in [5.41, 5.74) is 7.48. The Bertz CT molecular complexity index is 1640. The quantitative estimate of drug-likeness (QED) is 0.114. The molecule has 0 fully saturated rings. The number of para-hydroxylation sites is 2. The van der Waals surface area contributed by atoms with Crippen molar-refractivity contribution in [1.29, 1.82) is 0 Å². The van der Waals surface area contributed by atoms with Crippen LogP contribution in [0.4, 0.5) is 0 Å². The van der Waals surface area contributed by atoms with Gasteiger partial charge in [0, 0.05) is 80.0 Å². The maximum Gasteiger partial charge on any atom is 0.0538 e. The van der Waals surface area contributed by atoms with E-state index in [2.05, 4.69) is 60.7 Å². The van der Waals surface area contributed by atoms with E-state index in [0.29, 0.717) is 5.78 Å². The van der Waals surface area contributed by atoms with Gasteiger partial charge in [0.25, 0.3) is 0 Å². The minimum absolute atomic E-state index is 0. The van der Waals surface area contributed by atoms with Crippen LogP contribution in [0.3, 0.4) is 0 Å². The second-order valence-electron chi connectivity index (χ2n) is 7.22. The van der Waals surface area contributed by atoms with E-state index < -0.39 is 0 Å². The third kappa shape index (κ3) is 6.94. The summed E-state index contributed by atoms with van der Waals surface area (Å²) in [6, 6.07) is 37.1. The predicted octanol–water partition coefficient (Wildman–Crippen LogP) is 8.38. The maximum absolute atomic E-state index is 4.47. The maximum atomic E-state index is 4.47. The van der Waals surface area contributed by atoms with Gasteiger partial charge in [0.05, 0.1) is 16.6 Å². The molecule has 0 amide bonds. The Morgan fingerprint density at radius 2 is 1.02 bits per heavy atom. The molecular formula is C32H32N8Pd2-6. The van der Waals surface area contributed by atoms with Crippen LogP contribution in [-0.4, -0.2) is 18.8 Å². The Kier molecular flexibility index (Phi) is 17.1. The third-order valence-electron chi connectivity index (χ3n) is 5.37. The van der Waals surface area contributed by atoms with Gasteiger partial charge >= 0.3 is 0 Å². The SMILES string of the molecule is CC.CC.[CH3-].[CH3-].[NH2-].[NH2-].[Pd].[Pd].c1ccc2c(c#1)[n-]c1nc3ccccc3n12.c1ccc2c(c#1)nc1[n-]c3c#cccc3n12. The molecule has 8 rings (SSSR count). The Labute approximate surface area is 275 Å². The zero-order valence-electron chi connectivity index (χ0n) is 24.2. The first kappa shape index (κ1) is 40.3. The molecule has 10 heteroatoms. The van der Waals surface area contributed by atoms with Gasteiger partial charge in [0.15, 0.2) is 0 Å². The summed E-state index contributed by atoms with van der Waals surface area (Å²) in [6.07, 6.45) is 0. The van der Waals surface area contributed by atoms with Crippen molar-refractivity contribution in [3.63, 3.8) is 0 Å². The van der Waals surface area contributed by atoms with Crippen LogP contribution in [0, 0.1) is 51.3 Å². The first-order valence-electron chi connectivity index (χ1n) is 11.9. The molecule has 226 valence electrons. The van der Waals surface area contributed by atoms with Gasteiger partial charge < -0.3 is 55.9 Å². The van der Waals surface area contributed by atoms with Crippen molar-refractivity contribution in [1.82, 2.24) is 28.7 Å². The van der Waals surface area contributed by atoms with E-state index in [1.54, 1.807) is 0 Å². The molecular weight excluding hydrogens is 709 g/mol. The second kappa shape index (κ2) is 17.8. The van der Waals surface area contributed by atoms with Gasteiger partial charge in [-0.05, 0) is 36.4 Å². The average Bonchev–Trinajstić information content (AvgIpc) is 3.68. The fourth-order valence-corrected chi connectivity index (χ4v) is 4.01. The number of fused-ring (bicyclic) bond motifs is 10. The van der Waals surface area contributed by atoms with E-state index >= 15 is 0 Å². The van der Waals surface area contributed by atoms with Crippen LogP contribution in [-0.2, 0) is 40.8 Å². The smallest absolute Gasteiger partial charge is 0.0538 e. The minimum atomic E-state index is 0. The largest absolute Gasteiger partial charge is 0.693 e. The molecule has 4 heterocycles. The topological polar surface area (TPSA) is 130 Å². The predicted molar refractivity (Wildman–Crippen MR) is 166 cm³/mol. The van der Waals surface area contributed by atoms with E-state index in [9.17, 15) is 0 Å². The monoisotopic (exact) mass is 740 g/mol.